The highest BCUT2D eigenvalue weighted by atomic mass is 16.3. The molecule has 1 amide bonds. The largest absolute Gasteiger partial charge is 0.508 e. The maximum absolute atomic E-state index is 10.9. The Morgan fingerprint density at radius 2 is 2.00 bits per heavy atom. The van der Waals surface area contributed by atoms with E-state index in [-0.39, 0.29) is 17.7 Å². The van der Waals surface area contributed by atoms with Crippen molar-refractivity contribution in [3.05, 3.63) is 29.8 Å². The number of carbonyl (C=O) groups excluding carboxylic acids is 1. The third-order valence-corrected chi connectivity index (χ3v) is 2.31. The number of aromatic hydroxyl groups is 1. The van der Waals surface area contributed by atoms with Gasteiger partial charge in [-0.15, -0.1) is 0 Å². The molecule has 1 aliphatic rings. The monoisotopic (exact) mass is 192 g/mol. The maximum Gasteiger partial charge on any atom is 0.234 e. The number of piperazine rings is 1. The Kier molecular flexibility index (Phi) is 2.37. The number of rotatable bonds is 1. The minimum atomic E-state index is 0.0278. The minimum Gasteiger partial charge on any atom is -0.508 e. The third kappa shape index (κ3) is 1.85. The molecule has 3 N–H and O–H groups in total. The summed E-state index contributed by atoms with van der Waals surface area (Å²) in [7, 11) is 0. The average molecular weight is 192 g/mol. The predicted octanol–water partition coefficient (Wildman–Crippen LogP) is 0.153. The van der Waals surface area contributed by atoms with E-state index in [1.807, 2.05) is 12.1 Å². The van der Waals surface area contributed by atoms with E-state index in [9.17, 15) is 4.79 Å². The van der Waals surface area contributed by atoms with Gasteiger partial charge in [0.1, 0.15) is 5.75 Å². The van der Waals surface area contributed by atoms with Gasteiger partial charge in [0.15, 0.2) is 0 Å². The molecule has 4 heteroatoms. The van der Waals surface area contributed by atoms with Gasteiger partial charge in [-0.1, -0.05) is 12.1 Å². The lowest BCUT2D eigenvalue weighted by atomic mass is 10.1. The van der Waals surface area contributed by atoms with Crippen LogP contribution in [0.15, 0.2) is 24.3 Å². The van der Waals surface area contributed by atoms with Crippen molar-refractivity contribution >= 4 is 5.91 Å². The molecule has 1 saturated heterocycles. The zero-order valence-electron chi connectivity index (χ0n) is 7.66. The van der Waals surface area contributed by atoms with Gasteiger partial charge < -0.3 is 10.4 Å². The highest BCUT2D eigenvalue weighted by molar-refractivity contribution is 5.78. The number of nitrogens with one attached hydrogen (secondary N) is 2. The molecule has 0 spiro atoms. The lowest BCUT2D eigenvalue weighted by Gasteiger charge is -2.24. The van der Waals surface area contributed by atoms with Gasteiger partial charge in [0.05, 0.1) is 12.6 Å². The van der Waals surface area contributed by atoms with Crippen molar-refractivity contribution in [2.75, 3.05) is 13.1 Å². The molecule has 14 heavy (non-hydrogen) atoms. The fraction of sp³-hybridized carbons (Fsp3) is 0.300. The van der Waals surface area contributed by atoms with Crippen molar-refractivity contribution in [2.24, 2.45) is 0 Å². The summed E-state index contributed by atoms with van der Waals surface area (Å²) in [5, 5.41) is 15.0. The summed E-state index contributed by atoms with van der Waals surface area (Å²) >= 11 is 0. The van der Waals surface area contributed by atoms with Gasteiger partial charge in [-0.05, 0) is 17.7 Å². The van der Waals surface area contributed by atoms with E-state index in [1.54, 1.807) is 12.1 Å². The molecule has 0 aromatic heterocycles. The van der Waals surface area contributed by atoms with Gasteiger partial charge >= 0.3 is 0 Å². The van der Waals surface area contributed by atoms with Crippen molar-refractivity contribution in [2.45, 2.75) is 6.04 Å². The summed E-state index contributed by atoms with van der Waals surface area (Å²) in [5.41, 5.74) is 1.07. The summed E-state index contributed by atoms with van der Waals surface area (Å²) in [5.74, 6) is 0.286. The molecule has 2 rings (SSSR count). The van der Waals surface area contributed by atoms with E-state index in [0.29, 0.717) is 13.1 Å². The van der Waals surface area contributed by atoms with E-state index in [4.69, 9.17) is 5.11 Å². The molecule has 0 saturated carbocycles. The first kappa shape index (κ1) is 9.02. The molecule has 1 atom stereocenters. The standard InChI is InChI=1S/C10H12N2O2/c13-8-3-1-7(2-4-8)9-5-12-10(14)6-11-9/h1-4,9,11,13H,5-6H2,(H,12,14). The molecule has 1 unspecified atom stereocenters. The molecular weight excluding hydrogens is 180 g/mol. The molecule has 74 valence electrons. The van der Waals surface area contributed by atoms with Gasteiger partial charge in [0, 0.05) is 6.54 Å². The van der Waals surface area contributed by atoms with Crippen LogP contribution in [0.5, 0.6) is 5.75 Å². The average Bonchev–Trinajstić information content (AvgIpc) is 2.21. The second-order valence-corrected chi connectivity index (χ2v) is 3.33. The first-order valence-corrected chi connectivity index (χ1v) is 4.55. The first-order chi connectivity index (χ1) is 6.75. The third-order valence-electron chi connectivity index (χ3n) is 2.31. The van der Waals surface area contributed by atoms with Gasteiger partial charge in [0.2, 0.25) is 5.91 Å². The van der Waals surface area contributed by atoms with E-state index in [2.05, 4.69) is 10.6 Å². The van der Waals surface area contributed by atoms with Crippen LogP contribution >= 0.6 is 0 Å². The second-order valence-electron chi connectivity index (χ2n) is 3.33. The fourth-order valence-electron chi connectivity index (χ4n) is 1.51. The topological polar surface area (TPSA) is 61.4 Å². The molecule has 4 nitrogen and oxygen atoms in total. The Labute approximate surface area is 81.9 Å². The van der Waals surface area contributed by atoms with Gasteiger partial charge in [-0.3, -0.25) is 10.1 Å². The van der Waals surface area contributed by atoms with Crippen LogP contribution in [-0.2, 0) is 4.79 Å². The number of hydrogen-bond acceptors (Lipinski definition) is 3. The van der Waals surface area contributed by atoms with Crippen LogP contribution in [0, 0.1) is 0 Å². The van der Waals surface area contributed by atoms with Crippen LogP contribution in [0.2, 0.25) is 0 Å². The number of carbonyl (C=O) groups is 1. The molecule has 1 aliphatic heterocycles. The van der Waals surface area contributed by atoms with Crippen molar-refractivity contribution in [3.8, 4) is 5.75 Å². The summed E-state index contributed by atoms with van der Waals surface area (Å²) in [4.78, 5) is 10.9. The van der Waals surface area contributed by atoms with Gasteiger partial charge in [-0.25, -0.2) is 0 Å². The first-order valence-electron chi connectivity index (χ1n) is 4.55. The zero-order chi connectivity index (χ0) is 9.97. The molecule has 1 heterocycles. The fourth-order valence-corrected chi connectivity index (χ4v) is 1.51. The molecule has 1 fully saturated rings. The molecular formula is C10H12N2O2. The Hall–Kier alpha value is -1.55. The Morgan fingerprint density at radius 1 is 1.29 bits per heavy atom. The van der Waals surface area contributed by atoms with E-state index in [1.165, 1.54) is 0 Å². The van der Waals surface area contributed by atoms with E-state index >= 15 is 0 Å². The normalized spacial score (nSPS) is 21.7. The van der Waals surface area contributed by atoms with E-state index < -0.39 is 0 Å². The number of phenolic OH excluding ortho intramolecular Hbond substituents is 1. The summed E-state index contributed by atoms with van der Waals surface area (Å²) in [6.45, 7) is 0.954. The van der Waals surface area contributed by atoms with Gasteiger partial charge in [0.25, 0.3) is 0 Å². The predicted molar refractivity (Wildman–Crippen MR) is 51.9 cm³/mol. The van der Waals surface area contributed by atoms with Crippen molar-refractivity contribution in [1.29, 1.82) is 0 Å². The number of benzene rings is 1. The number of amides is 1. The van der Waals surface area contributed by atoms with Crippen LogP contribution in [0.25, 0.3) is 0 Å². The Bertz CT molecular complexity index is 324. The molecule has 0 bridgehead atoms. The van der Waals surface area contributed by atoms with Crippen molar-refractivity contribution in [1.82, 2.24) is 10.6 Å². The van der Waals surface area contributed by atoms with Crippen LogP contribution in [0.1, 0.15) is 11.6 Å². The SMILES string of the molecule is O=C1CNC(c2ccc(O)cc2)CN1. The number of phenols is 1. The van der Waals surface area contributed by atoms with E-state index in [0.717, 1.165) is 5.56 Å². The van der Waals surface area contributed by atoms with Crippen LogP contribution in [0.4, 0.5) is 0 Å². The minimum absolute atomic E-state index is 0.0278. The summed E-state index contributed by atoms with van der Waals surface area (Å²) in [6, 6.07) is 7.14. The number of hydrogen-bond donors (Lipinski definition) is 3. The zero-order valence-corrected chi connectivity index (χ0v) is 7.66. The molecule has 0 aliphatic carbocycles. The Balaban J connectivity index is 2.08. The van der Waals surface area contributed by atoms with Crippen molar-refractivity contribution < 1.29 is 9.90 Å². The van der Waals surface area contributed by atoms with Crippen LogP contribution < -0.4 is 10.6 Å². The molecule has 0 radical (unpaired) electrons. The van der Waals surface area contributed by atoms with Crippen LogP contribution in [-0.4, -0.2) is 24.1 Å². The van der Waals surface area contributed by atoms with Crippen LogP contribution in [0.3, 0.4) is 0 Å². The Morgan fingerprint density at radius 3 is 2.57 bits per heavy atom. The maximum atomic E-state index is 10.9. The lowest BCUT2D eigenvalue weighted by molar-refractivity contribution is -0.121. The lowest BCUT2D eigenvalue weighted by Crippen LogP contribution is -2.46. The van der Waals surface area contributed by atoms with Gasteiger partial charge in [-0.2, -0.15) is 0 Å². The summed E-state index contributed by atoms with van der Waals surface area (Å²) in [6.07, 6.45) is 0. The molecule has 1 aromatic rings. The van der Waals surface area contributed by atoms with Crippen molar-refractivity contribution in [3.63, 3.8) is 0 Å². The highest BCUT2D eigenvalue weighted by Gasteiger charge is 2.17. The summed E-state index contributed by atoms with van der Waals surface area (Å²) < 4.78 is 0. The molecule has 1 aromatic carbocycles. The smallest absolute Gasteiger partial charge is 0.234 e. The highest BCUT2D eigenvalue weighted by Crippen LogP contribution is 2.17. The quantitative estimate of drug-likeness (QED) is 0.593. The second kappa shape index (κ2) is 3.67.